The van der Waals surface area contributed by atoms with Gasteiger partial charge in [-0.25, -0.2) is 0 Å². The van der Waals surface area contributed by atoms with Crippen LogP contribution in [0.2, 0.25) is 19.1 Å². The quantitative estimate of drug-likeness (QED) is 0.669. The van der Waals surface area contributed by atoms with Crippen molar-refractivity contribution in [3.8, 4) is 0 Å². The summed E-state index contributed by atoms with van der Waals surface area (Å²) in [4.78, 5) is 0.0980. The predicted octanol–water partition coefficient (Wildman–Crippen LogP) is 2.96. The summed E-state index contributed by atoms with van der Waals surface area (Å²) in [5, 5.41) is 0.846. The van der Waals surface area contributed by atoms with Gasteiger partial charge in [0.1, 0.15) is 0 Å². The van der Waals surface area contributed by atoms with Gasteiger partial charge in [-0.05, 0) is 18.2 Å². The van der Waals surface area contributed by atoms with Crippen molar-refractivity contribution in [2.75, 3.05) is 0 Å². The van der Waals surface area contributed by atoms with Gasteiger partial charge in [-0.2, -0.15) is 8.42 Å². The van der Waals surface area contributed by atoms with E-state index >= 15 is 0 Å². The molecule has 3 nitrogen and oxygen atoms in total. The molecule has 1 aromatic rings. The third kappa shape index (κ3) is 3.67. The minimum atomic E-state index is -4.12. The largest absolute Gasteiger partial charge is 0.294 e. The molecule has 0 atom stereocenters. The van der Waals surface area contributed by atoms with E-state index in [-0.39, 0.29) is 4.90 Å². The van der Waals surface area contributed by atoms with Crippen molar-refractivity contribution in [2.24, 2.45) is 0 Å². The lowest BCUT2D eigenvalue weighted by atomic mass is 10.2. The summed E-state index contributed by atoms with van der Waals surface area (Å²) in [7, 11) is -5.95. The van der Waals surface area contributed by atoms with Gasteiger partial charge in [0.25, 0.3) is 10.1 Å². The lowest BCUT2D eigenvalue weighted by molar-refractivity contribution is 0.484. The SMILES string of the molecule is CCCC[Si](C)(C)c1cc(C)ccc1S(=O)(=O)O. The second kappa shape index (κ2) is 5.55. The average molecular weight is 286 g/mol. The van der Waals surface area contributed by atoms with Crippen LogP contribution < -0.4 is 5.19 Å². The van der Waals surface area contributed by atoms with Gasteiger partial charge in [0.15, 0.2) is 0 Å². The third-order valence-corrected chi connectivity index (χ3v) is 7.87. The Bertz CT molecular complexity index is 521. The van der Waals surface area contributed by atoms with Crippen LogP contribution in [0.3, 0.4) is 0 Å². The predicted molar refractivity (Wildman–Crippen MR) is 77.8 cm³/mol. The molecule has 0 saturated carbocycles. The molecule has 5 heteroatoms. The van der Waals surface area contributed by atoms with Crippen molar-refractivity contribution in [3.63, 3.8) is 0 Å². The minimum Gasteiger partial charge on any atom is -0.282 e. The summed E-state index contributed by atoms with van der Waals surface area (Å²) in [5.74, 6) is 0. The molecule has 0 unspecified atom stereocenters. The second-order valence-electron chi connectivity index (χ2n) is 5.46. The summed E-state index contributed by atoms with van der Waals surface area (Å²) in [5.41, 5.74) is 1.04. The molecule has 102 valence electrons. The van der Waals surface area contributed by atoms with Crippen LogP contribution >= 0.6 is 0 Å². The average Bonchev–Trinajstić information content (AvgIpc) is 2.24. The monoisotopic (exact) mass is 286 g/mol. The molecular formula is C13H22O3SSi. The molecule has 0 aliphatic carbocycles. The van der Waals surface area contributed by atoms with Crippen LogP contribution in [0.4, 0.5) is 0 Å². The highest BCUT2D eigenvalue weighted by atomic mass is 32.2. The molecule has 1 aromatic carbocycles. The molecule has 0 aliphatic rings. The van der Waals surface area contributed by atoms with Gasteiger partial charge in [-0.15, -0.1) is 0 Å². The van der Waals surface area contributed by atoms with Crippen LogP contribution in [0, 0.1) is 6.92 Å². The highest BCUT2D eigenvalue weighted by Gasteiger charge is 2.29. The highest BCUT2D eigenvalue weighted by Crippen LogP contribution is 2.19. The van der Waals surface area contributed by atoms with E-state index in [4.69, 9.17) is 0 Å². The van der Waals surface area contributed by atoms with Crippen LogP contribution in [0.25, 0.3) is 0 Å². The van der Waals surface area contributed by atoms with Crippen LogP contribution in [0.1, 0.15) is 25.3 Å². The number of rotatable bonds is 5. The van der Waals surface area contributed by atoms with Crippen molar-refractivity contribution >= 4 is 23.4 Å². The lowest BCUT2D eigenvalue weighted by Crippen LogP contribution is -2.44. The second-order valence-corrected chi connectivity index (χ2v) is 11.7. The molecule has 18 heavy (non-hydrogen) atoms. The van der Waals surface area contributed by atoms with Gasteiger partial charge in [0.05, 0.1) is 13.0 Å². The van der Waals surface area contributed by atoms with Crippen molar-refractivity contribution in [2.45, 2.75) is 50.7 Å². The Morgan fingerprint density at radius 2 is 1.89 bits per heavy atom. The first-order valence-corrected chi connectivity index (χ1v) is 10.9. The van der Waals surface area contributed by atoms with E-state index in [9.17, 15) is 13.0 Å². The van der Waals surface area contributed by atoms with Crippen molar-refractivity contribution in [1.82, 2.24) is 0 Å². The molecule has 0 radical (unpaired) electrons. The van der Waals surface area contributed by atoms with Gasteiger partial charge >= 0.3 is 0 Å². The smallest absolute Gasteiger partial charge is 0.282 e. The Balaban J connectivity index is 3.33. The maximum Gasteiger partial charge on any atom is 0.294 e. The van der Waals surface area contributed by atoms with Gasteiger partial charge in [-0.1, -0.05) is 56.6 Å². The van der Waals surface area contributed by atoms with Gasteiger partial charge < -0.3 is 0 Å². The molecule has 1 rings (SSSR count). The molecule has 0 fully saturated rings. The fraction of sp³-hybridized carbons (Fsp3) is 0.538. The Hall–Kier alpha value is -0.653. The standard InChI is InChI=1S/C13H22O3SSi/c1-5-6-9-18(3,4)13-10-11(2)7-8-12(13)17(14,15)16/h7-8,10H,5-6,9H2,1-4H3,(H,14,15,16). The summed E-state index contributed by atoms with van der Waals surface area (Å²) >= 11 is 0. The highest BCUT2D eigenvalue weighted by molar-refractivity contribution is 7.86. The van der Waals surface area contributed by atoms with E-state index < -0.39 is 18.2 Å². The van der Waals surface area contributed by atoms with Crippen LogP contribution in [-0.2, 0) is 10.1 Å². The van der Waals surface area contributed by atoms with Crippen LogP contribution in [-0.4, -0.2) is 21.0 Å². The molecule has 0 bridgehead atoms. The number of hydrogen-bond donors (Lipinski definition) is 1. The maximum atomic E-state index is 11.5. The fourth-order valence-electron chi connectivity index (χ4n) is 2.15. The number of benzene rings is 1. The zero-order valence-electron chi connectivity index (χ0n) is 11.5. The van der Waals surface area contributed by atoms with Crippen LogP contribution in [0.15, 0.2) is 23.1 Å². The Labute approximate surface area is 111 Å². The molecule has 1 N–H and O–H groups in total. The molecule has 0 saturated heterocycles. The first kappa shape index (κ1) is 15.4. The zero-order valence-corrected chi connectivity index (χ0v) is 13.3. The lowest BCUT2D eigenvalue weighted by Gasteiger charge is -2.25. The number of aryl methyl sites for hydroxylation is 1. The van der Waals surface area contributed by atoms with E-state index in [0.29, 0.717) is 0 Å². The molecule has 0 heterocycles. The summed E-state index contributed by atoms with van der Waals surface area (Å²) in [6.45, 7) is 8.39. The Morgan fingerprint density at radius 1 is 1.28 bits per heavy atom. The van der Waals surface area contributed by atoms with Gasteiger partial charge in [0, 0.05) is 0 Å². The van der Waals surface area contributed by atoms with Gasteiger partial charge in [0.2, 0.25) is 0 Å². The van der Waals surface area contributed by atoms with E-state index in [1.807, 2.05) is 13.0 Å². The Kier molecular flexibility index (Phi) is 4.75. The third-order valence-electron chi connectivity index (χ3n) is 3.30. The summed E-state index contributed by atoms with van der Waals surface area (Å²) in [6, 6.07) is 6.22. The fourth-order valence-corrected chi connectivity index (χ4v) is 6.82. The molecular weight excluding hydrogens is 264 g/mol. The van der Waals surface area contributed by atoms with E-state index in [1.54, 1.807) is 6.07 Å². The number of unbranched alkanes of at least 4 members (excludes halogenated alkanes) is 1. The van der Waals surface area contributed by atoms with E-state index in [2.05, 4.69) is 20.0 Å². The Morgan fingerprint density at radius 3 is 2.39 bits per heavy atom. The summed E-state index contributed by atoms with van der Waals surface area (Å²) < 4.78 is 32.3. The first-order chi connectivity index (χ1) is 8.18. The normalized spacial score (nSPS) is 12.7. The van der Waals surface area contributed by atoms with E-state index in [1.165, 1.54) is 6.07 Å². The zero-order chi connectivity index (χ0) is 14.0. The van der Waals surface area contributed by atoms with Crippen molar-refractivity contribution < 1.29 is 13.0 Å². The van der Waals surface area contributed by atoms with Gasteiger partial charge in [-0.3, -0.25) is 4.55 Å². The minimum absolute atomic E-state index is 0.0980. The maximum absolute atomic E-state index is 11.5. The van der Waals surface area contributed by atoms with E-state index in [0.717, 1.165) is 29.6 Å². The van der Waals surface area contributed by atoms with Crippen LogP contribution in [0.5, 0.6) is 0 Å². The number of hydrogen-bond acceptors (Lipinski definition) is 2. The van der Waals surface area contributed by atoms with Crippen molar-refractivity contribution in [3.05, 3.63) is 23.8 Å². The molecule has 0 amide bonds. The first-order valence-electron chi connectivity index (χ1n) is 6.27. The molecule has 0 aliphatic heterocycles. The topological polar surface area (TPSA) is 54.4 Å². The molecule has 0 spiro atoms. The molecule has 0 aromatic heterocycles. The summed E-state index contributed by atoms with van der Waals surface area (Å²) in [6.07, 6.45) is 2.20. The van der Waals surface area contributed by atoms with Crippen molar-refractivity contribution in [1.29, 1.82) is 0 Å².